The van der Waals surface area contributed by atoms with Gasteiger partial charge in [-0.25, -0.2) is 9.59 Å². The Balaban J connectivity index is 2.38. The highest BCUT2D eigenvalue weighted by Gasteiger charge is 2.37. The maximum atomic E-state index is 12.4. The van der Waals surface area contributed by atoms with Gasteiger partial charge in [0.25, 0.3) is 0 Å². The average molecular weight is 337 g/mol. The van der Waals surface area contributed by atoms with Gasteiger partial charge in [-0.05, 0) is 44.0 Å². The summed E-state index contributed by atoms with van der Waals surface area (Å²) in [4.78, 5) is 25.3. The van der Waals surface area contributed by atoms with E-state index in [1.54, 1.807) is 32.9 Å². The molecule has 0 aromatic heterocycles. The molecule has 1 aromatic rings. The zero-order valence-electron chi connectivity index (χ0n) is 14.6. The highest BCUT2D eigenvalue weighted by molar-refractivity contribution is 5.81. The number of hydrogen-bond acceptors (Lipinski definition) is 5. The van der Waals surface area contributed by atoms with Crippen LogP contribution in [0, 0.1) is 0 Å². The molecule has 0 saturated carbocycles. The first-order chi connectivity index (χ1) is 11.2. The van der Waals surface area contributed by atoms with E-state index in [-0.39, 0.29) is 13.0 Å². The van der Waals surface area contributed by atoms with Crippen molar-refractivity contribution in [2.24, 2.45) is 0 Å². The highest BCUT2D eigenvalue weighted by Crippen LogP contribution is 2.35. The summed E-state index contributed by atoms with van der Waals surface area (Å²) in [7, 11) is 3.05. The molecule has 0 spiro atoms. The summed E-state index contributed by atoms with van der Waals surface area (Å²) in [6.45, 7) is 5.37. The van der Waals surface area contributed by atoms with E-state index in [2.05, 4.69) is 0 Å². The molecule has 2 rings (SSSR count). The van der Waals surface area contributed by atoms with E-state index in [1.807, 2.05) is 0 Å². The fraction of sp³-hybridized carbons (Fsp3) is 0.529. The molecule has 24 heavy (non-hydrogen) atoms. The summed E-state index contributed by atoms with van der Waals surface area (Å²) in [6, 6.07) is 2.55. The largest absolute Gasteiger partial charge is 0.493 e. The maximum Gasteiger partial charge on any atom is 0.411 e. The lowest BCUT2D eigenvalue weighted by atomic mass is 9.93. The molecule has 1 N–H and O–H groups in total. The van der Waals surface area contributed by atoms with E-state index < -0.39 is 23.7 Å². The number of carbonyl (C=O) groups excluding carboxylic acids is 1. The zero-order valence-corrected chi connectivity index (χ0v) is 14.6. The van der Waals surface area contributed by atoms with Crippen LogP contribution in [-0.2, 0) is 22.5 Å². The predicted molar refractivity (Wildman–Crippen MR) is 86.5 cm³/mol. The van der Waals surface area contributed by atoms with E-state index in [0.717, 1.165) is 11.1 Å². The Morgan fingerprint density at radius 1 is 1.12 bits per heavy atom. The Morgan fingerprint density at radius 2 is 1.67 bits per heavy atom. The summed E-state index contributed by atoms with van der Waals surface area (Å²) in [5.74, 6) is 0.00145. The van der Waals surface area contributed by atoms with Gasteiger partial charge in [-0.3, -0.25) is 4.90 Å². The van der Waals surface area contributed by atoms with E-state index in [4.69, 9.17) is 14.2 Å². The van der Waals surface area contributed by atoms with Gasteiger partial charge < -0.3 is 19.3 Å². The minimum Gasteiger partial charge on any atom is -0.493 e. The van der Waals surface area contributed by atoms with Gasteiger partial charge in [-0.15, -0.1) is 0 Å². The van der Waals surface area contributed by atoms with Gasteiger partial charge in [0.05, 0.1) is 20.8 Å². The average Bonchev–Trinajstić information content (AvgIpc) is 2.50. The Bertz CT molecular complexity index is 649. The van der Waals surface area contributed by atoms with Crippen LogP contribution in [0.4, 0.5) is 4.79 Å². The molecular weight excluding hydrogens is 314 g/mol. The number of methoxy groups -OCH3 is 2. The molecule has 0 unspecified atom stereocenters. The Kier molecular flexibility index (Phi) is 4.91. The molecule has 0 radical (unpaired) electrons. The van der Waals surface area contributed by atoms with Crippen LogP contribution < -0.4 is 9.47 Å². The number of rotatable bonds is 3. The quantitative estimate of drug-likeness (QED) is 0.912. The Morgan fingerprint density at radius 3 is 2.12 bits per heavy atom. The van der Waals surface area contributed by atoms with E-state index in [0.29, 0.717) is 11.5 Å². The van der Waals surface area contributed by atoms with Crippen LogP contribution in [0.1, 0.15) is 31.9 Å². The van der Waals surface area contributed by atoms with Crippen molar-refractivity contribution < 1.29 is 28.9 Å². The molecular formula is C17H23NO6. The highest BCUT2D eigenvalue weighted by atomic mass is 16.6. The third-order valence-electron chi connectivity index (χ3n) is 3.75. The molecule has 1 aliphatic rings. The molecule has 1 atom stereocenters. The molecule has 132 valence electrons. The number of nitrogens with zero attached hydrogens (tertiary/aromatic N) is 1. The van der Waals surface area contributed by atoms with Crippen LogP contribution in [0.3, 0.4) is 0 Å². The van der Waals surface area contributed by atoms with Crippen LogP contribution >= 0.6 is 0 Å². The van der Waals surface area contributed by atoms with Gasteiger partial charge >= 0.3 is 12.1 Å². The van der Waals surface area contributed by atoms with Crippen molar-refractivity contribution in [3.8, 4) is 11.5 Å². The fourth-order valence-corrected chi connectivity index (χ4v) is 2.65. The number of carbonyl (C=O) groups is 2. The molecule has 1 aromatic carbocycles. The molecule has 0 fully saturated rings. The fourth-order valence-electron chi connectivity index (χ4n) is 2.65. The summed E-state index contributed by atoms with van der Waals surface area (Å²) < 4.78 is 15.9. The summed E-state index contributed by atoms with van der Waals surface area (Å²) in [6.07, 6.45) is -0.458. The van der Waals surface area contributed by atoms with Crippen molar-refractivity contribution in [1.82, 2.24) is 4.90 Å². The van der Waals surface area contributed by atoms with Crippen molar-refractivity contribution in [2.75, 3.05) is 14.2 Å². The van der Waals surface area contributed by atoms with Crippen molar-refractivity contribution in [3.63, 3.8) is 0 Å². The second kappa shape index (κ2) is 6.59. The topological polar surface area (TPSA) is 85.3 Å². The molecule has 7 nitrogen and oxygen atoms in total. The number of benzene rings is 1. The van der Waals surface area contributed by atoms with Crippen molar-refractivity contribution in [3.05, 3.63) is 23.3 Å². The maximum absolute atomic E-state index is 12.4. The van der Waals surface area contributed by atoms with Crippen molar-refractivity contribution in [1.29, 1.82) is 0 Å². The lowest BCUT2D eigenvalue weighted by Crippen LogP contribution is -2.50. The third-order valence-corrected chi connectivity index (χ3v) is 3.75. The normalized spacial score (nSPS) is 17.0. The van der Waals surface area contributed by atoms with Crippen LogP contribution in [0.2, 0.25) is 0 Å². The number of carboxylic acids is 1. The lowest BCUT2D eigenvalue weighted by molar-refractivity contribution is -0.143. The first-order valence-electron chi connectivity index (χ1n) is 7.62. The molecule has 0 aliphatic carbocycles. The molecule has 1 heterocycles. The SMILES string of the molecule is COc1cc2c(cc1OC)CN(C(=O)OC(C)(C)C)[C@@H](C(=O)O)C2. The summed E-state index contributed by atoms with van der Waals surface area (Å²) in [5, 5.41) is 9.50. The number of hydrogen-bond donors (Lipinski definition) is 1. The number of carboxylic acid groups (broad SMARTS) is 1. The molecule has 7 heteroatoms. The van der Waals surface area contributed by atoms with Gasteiger partial charge in [0.1, 0.15) is 11.6 Å². The smallest absolute Gasteiger partial charge is 0.411 e. The molecule has 1 aliphatic heterocycles. The van der Waals surface area contributed by atoms with Crippen LogP contribution in [0.25, 0.3) is 0 Å². The van der Waals surface area contributed by atoms with Crippen LogP contribution in [0.15, 0.2) is 12.1 Å². The minimum atomic E-state index is -1.07. The zero-order chi connectivity index (χ0) is 18.1. The van der Waals surface area contributed by atoms with Gasteiger partial charge in [0.2, 0.25) is 0 Å². The number of amides is 1. The minimum absolute atomic E-state index is 0.140. The van der Waals surface area contributed by atoms with Crippen LogP contribution in [0.5, 0.6) is 11.5 Å². The van der Waals surface area contributed by atoms with Gasteiger partial charge in [0.15, 0.2) is 11.5 Å². The Hall–Kier alpha value is -2.44. The van der Waals surface area contributed by atoms with Gasteiger partial charge in [-0.2, -0.15) is 0 Å². The van der Waals surface area contributed by atoms with Crippen molar-refractivity contribution in [2.45, 2.75) is 45.4 Å². The van der Waals surface area contributed by atoms with Crippen molar-refractivity contribution >= 4 is 12.1 Å². The number of aliphatic carboxylic acids is 1. The van der Waals surface area contributed by atoms with Crippen LogP contribution in [-0.4, -0.2) is 47.9 Å². The number of ether oxygens (including phenoxy) is 3. The molecule has 0 saturated heterocycles. The number of fused-ring (bicyclic) bond motifs is 1. The predicted octanol–water partition coefficient (Wildman–Crippen LogP) is 2.45. The summed E-state index contributed by atoms with van der Waals surface area (Å²) in [5.41, 5.74) is 0.939. The molecule has 0 bridgehead atoms. The second-order valence-electron chi connectivity index (χ2n) is 6.64. The third kappa shape index (κ3) is 3.72. The second-order valence-corrected chi connectivity index (χ2v) is 6.64. The first kappa shape index (κ1) is 17.9. The summed E-state index contributed by atoms with van der Waals surface area (Å²) >= 11 is 0. The van der Waals surface area contributed by atoms with Gasteiger partial charge in [0, 0.05) is 6.42 Å². The molecule has 1 amide bonds. The first-order valence-corrected chi connectivity index (χ1v) is 7.62. The standard InChI is InChI=1S/C17H23NO6/c1-17(2,3)24-16(21)18-9-11-8-14(23-5)13(22-4)7-10(11)6-12(18)15(19)20/h7-8,12H,6,9H2,1-5H3,(H,19,20)/t12-/m1/s1. The lowest BCUT2D eigenvalue weighted by Gasteiger charge is -2.35. The van der Waals surface area contributed by atoms with E-state index in [9.17, 15) is 14.7 Å². The monoisotopic (exact) mass is 337 g/mol. The van der Waals surface area contributed by atoms with Gasteiger partial charge in [-0.1, -0.05) is 0 Å². The van der Waals surface area contributed by atoms with E-state index >= 15 is 0 Å². The van der Waals surface area contributed by atoms with E-state index in [1.165, 1.54) is 19.1 Å². The Labute approximate surface area is 141 Å².